The number of hydrogen-bond donors (Lipinski definition) is 0. The van der Waals surface area contributed by atoms with E-state index in [0.717, 1.165) is 0 Å². The Balaban J connectivity index is 2.81. The van der Waals surface area contributed by atoms with Crippen molar-refractivity contribution in [3.63, 3.8) is 0 Å². The van der Waals surface area contributed by atoms with Gasteiger partial charge in [0.2, 0.25) is 0 Å². The van der Waals surface area contributed by atoms with Gasteiger partial charge in [-0.15, -0.1) is 6.58 Å². The molecule has 0 amide bonds. The third kappa shape index (κ3) is 1.62. The van der Waals surface area contributed by atoms with E-state index in [2.05, 4.69) is 47.4 Å². The summed E-state index contributed by atoms with van der Waals surface area (Å²) in [6.45, 7) is 17.8. The highest BCUT2D eigenvalue weighted by Gasteiger charge is 2.61. The Morgan fingerprint density at radius 2 is 1.85 bits per heavy atom. The molecule has 0 bridgehead atoms. The zero-order chi connectivity index (χ0) is 10.5. The molecule has 76 valence electrons. The van der Waals surface area contributed by atoms with Crippen molar-refractivity contribution in [2.75, 3.05) is 0 Å². The Bertz CT molecular complexity index is 227. The van der Waals surface area contributed by atoms with Gasteiger partial charge in [0.15, 0.2) is 0 Å². The van der Waals surface area contributed by atoms with E-state index in [0.29, 0.717) is 10.8 Å². The molecule has 0 saturated carbocycles. The molecule has 0 aromatic carbocycles. The van der Waals surface area contributed by atoms with E-state index in [1.54, 1.807) is 0 Å². The first-order valence-electron chi connectivity index (χ1n) is 4.96. The molecule has 0 unspecified atom stereocenters. The average Bonchev–Trinajstić information content (AvgIpc) is 2.62. The van der Waals surface area contributed by atoms with Crippen LogP contribution in [0.4, 0.5) is 0 Å². The molecule has 0 spiro atoms. The van der Waals surface area contributed by atoms with Crippen molar-refractivity contribution >= 4 is 8.07 Å². The summed E-state index contributed by atoms with van der Waals surface area (Å²) < 4.78 is 5.79. The maximum Gasteiger partial charge on any atom is 0.106 e. The molecular weight excluding hydrogens is 176 g/mol. The molecule has 1 heterocycles. The predicted octanol–water partition coefficient (Wildman–Crippen LogP) is 3.38. The first-order valence-corrected chi connectivity index (χ1v) is 8.04. The van der Waals surface area contributed by atoms with Crippen molar-refractivity contribution in [1.29, 1.82) is 0 Å². The molecule has 0 aromatic rings. The van der Waals surface area contributed by atoms with E-state index in [-0.39, 0.29) is 5.60 Å². The van der Waals surface area contributed by atoms with Crippen molar-refractivity contribution in [1.82, 2.24) is 0 Å². The zero-order valence-electron chi connectivity index (χ0n) is 9.77. The summed E-state index contributed by atoms with van der Waals surface area (Å²) in [5, 5.41) is 0.401. The van der Waals surface area contributed by atoms with E-state index < -0.39 is 8.07 Å². The van der Waals surface area contributed by atoms with Gasteiger partial charge in [-0.2, -0.15) is 0 Å². The van der Waals surface area contributed by atoms with Crippen LogP contribution in [0.1, 0.15) is 27.7 Å². The van der Waals surface area contributed by atoms with Crippen LogP contribution in [0.25, 0.3) is 0 Å². The fourth-order valence-corrected chi connectivity index (χ4v) is 4.52. The molecule has 2 atom stereocenters. The largest absolute Gasteiger partial charge is 0.366 e. The van der Waals surface area contributed by atoms with Gasteiger partial charge < -0.3 is 4.74 Å². The van der Waals surface area contributed by atoms with Crippen LogP contribution in [0.2, 0.25) is 18.1 Å². The number of ether oxygens (including phenoxy) is 1. The van der Waals surface area contributed by atoms with Crippen LogP contribution in [0.3, 0.4) is 0 Å². The third-order valence-corrected chi connectivity index (χ3v) is 9.70. The fourth-order valence-electron chi connectivity index (χ4n) is 1.63. The van der Waals surface area contributed by atoms with Gasteiger partial charge in [0.05, 0.1) is 13.8 Å². The smallest absolute Gasteiger partial charge is 0.106 e. The number of epoxide rings is 1. The van der Waals surface area contributed by atoms with Crippen molar-refractivity contribution in [2.24, 2.45) is 0 Å². The molecule has 1 saturated heterocycles. The van der Waals surface area contributed by atoms with Crippen LogP contribution in [0, 0.1) is 0 Å². The van der Waals surface area contributed by atoms with Gasteiger partial charge in [-0.25, -0.2) is 0 Å². The molecule has 0 aromatic heterocycles. The van der Waals surface area contributed by atoms with Gasteiger partial charge in [0.25, 0.3) is 0 Å². The first-order chi connectivity index (χ1) is 5.65. The Morgan fingerprint density at radius 3 is 2.08 bits per heavy atom. The van der Waals surface area contributed by atoms with Crippen molar-refractivity contribution in [2.45, 2.75) is 57.2 Å². The monoisotopic (exact) mass is 198 g/mol. The average molecular weight is 198 g/mol. The summed E-state index contributed by atoms with van der Waals surface area (Å²) >= 11 is 0. The van der Waals surface area contributed by atoms with Crippen molar-refractivity contribution in [3.05, 3.63) is 12.7 Å². The Labute approximate surface area is 83.2 Å². The summed E-state index contributed by atoms with van der Waals surface area (Å²) in [7, 11) is -1.32. The van der Waals surface area contributed by atoms with Gasteiger partial charge in [0.1, 0.15) is 5.60 Å². The lowest BCUT2D eigenvalue weighted by atomic mass is 10.2. The molecule has 0 N–H and O–H groups in total. The molecule has 1 aliphatic heterocycles. The normalized spacial score (nSPS) is 34.5. The molecule has 1 nitrogen and oxygen atoms in total. The van der Waals surface area contributed by atoms with Crippen LogP contribution in [-0.2, 0) is 4.74 Å². The molecule has 2 heteroatoms. The van der Waals surface area contributed by atoms with E-state index in [9.17, 15) is 0 Å². The second kappa shape index (κ2) is 2.70. The maximum atomic E-state index is 5.79. The lowest BCUT2D eigenvalue weighted by molar-refractivity contribution is 0.358. The molecule has 13 heavy (non-hydrogen) atoms. The van der Waals surface area contributed by atoms with Crippen molar-refractivity contribution in [3.8, 4) is 0 Å². The quantitative estimate of drug-likeness (QED) is 0.376. The molecular formula is C11H22OSi. The highest BCUT2D eigenvalue weighted by atomic mass is 28.3. The van der Waals surface area contributed by atoms with Crippen LogP contribution < -0.4 is 0 Å². The van der Waals surface area contributed by atoms with Crippen LogP contribution >= 0.6 is 0 Å². The Kier molecular flexibility index (Phi) is 2.29. The van der Waals surface area contributed by atoms with Crippen molar-refractivity contribution < 1.29 is 4.74 Å². The van der Waals surface area contributed by atoms with Gasteiger partial charge >= 0.3 is 0 Å². The minimum atomic E-state index is -1.32. The zero-order valence-corrected chi connectivity index (χ0v) is 10.8. The minimum absolute atomic E-state index is 0.0248. The van der Waals surface area contributed by atoms with Gasteiger partial charge in [0, 0.05) is 0 Å². The minimum Gasteiger partial charge on any atom is -0.366 e. The highest BCUT2D eigenvalue weighted by Crippen LogP contribution is 2.51. The lowest BCUT2D eigenvalue weighted by Crippen LogP contribution is -2.45. The van der Waals surface area contributed by atoms with Gasteiger partial charge in [-0.3, -0.25) is 0 Å². The third-order valence-electron chi connectivity index (χ3n) is 3.83. The molecule has 1 aliphatic rings. The van der Waals surface area contributed by atoms with E-state index >= 15 is 0 Å². The summed E-state index contributed by atoms with van der Waals surface area (Å²) in [4.78, 5) is 0. The summed E-state index contributed by atoms with van der Waals surface area (Å²) in [6.07, 6.45) is 1.96. The van der Waals surface area contributed by atoms with Crippen LogP contribution in [0.5, 0.6) is 0 Å². The summed E-state index contributed by atoms with van der Waals surface area (Å²) in [5.74, 6) is 0. The van der Waals surface area contributed by atoms with Gasteiger partial charge in [-0.05, 0) is 12.0 Å². The van der Waals surface area contributed by atoms with E-state index in [1.807, 2.05) is 6.08 Å². The van der Waals surface area contributed by atoms with E-state index in [1.165, 1.54) is 0 Å². The lowest BCUT2D eigenvalue weighted by Gasteiger charge is -2.36. The van der Waals surface area contributed by atoms with Crippen LogP contribution in [0.15, 0.2) is 12.7 Å². The SMILES string of the molecule is C=C[C@]1(C)O[C@H]1[Si](C)(C)C(C)(C)C. The Morgan fingerprint density at radius 1 is 1.38 bits per heavy atom. The fraction of sp³-hybridized carbons (Fsp3) is 0.818. The topological polar surface area (TPSA) is 12.5 Å². The first kappa shape index (κ1) is 11.0. The standard InChI is InChI=1S/C11H22OSi/c1-8-11(5)9(12-11)13(6,7)10(2,3)4/h8-9H,1H2,2-7H3/t9-,11-/m0/s1. The summed E-state index contributed by atoms with van der Waals surface area (Å²) in [5.41, 5.74) is 0.431. The second-order valence-corrected chi connectivity index (χ2v) is 11.3. The molecule has 1 rings (SSSR count). The second-order valence-electron chi connectivity index (χ2n) is 5.86. The molecule has 1 fully saturated rings. The summed E-state index contributed by atoms with van der Waals surface area (Å²) in [6, 6.07) is 0. The highest BCUT2D eigenvalue weighted by molar-refractivity contribution is 6.82. The van der Waals surface area contributed by atoms with Crippen LogP contribution in [-0.4, -0.2) is 19.4 Å². The number of hydrogen-bond acceptors (Lipinski definition) is 1. The number of rotatable bonds is 2. The predicted molar refractivity (Wildman–Crippen MR) is 60.7 cm³/mol. The Hall–Kier alpha value is -0.0831. The molecule has 0 radical (unpaired) electrons. The van der Waals surface area contributed by atoms with E-state index in [4.69, 9.17) is 4.74 Å². The molecule has 0 aliphatic carbocycles. The van der Waals surface area contributed by atoms with Gasteiger partial charge in [-0.1, -0.05) is 39.9 Å². The maximum absolute atomic E-state index is 5.79.